The Balaban J connectivity index is 3.08. The van der Waals surface area contributed by atoms with E-state index in [0.29, 0.717) is 5.56 Å². The second-order valence-electron chi connectivity index (χ2n) is 2.84. The number of hydrogen-bond donors (Lipinski definition) is 2. The van der Waals surface area contributed by atoms with E-state index in [1.165, 1.54) is 30.3 Å². The highest BCUT2D eigenvalue weighted by molar-refractivity contribution is 6.20. The van der Waals surface area contributed by atoms with Crippen LogP contribution in [0.2, 0.25) is 0 Å². The minimum Gasteiger partial charge on any atom is -0.365 e. The van der Waals surface area contributed by atoms with Crippen LogP contribution in [0.3, 0.4) is 0 Å². The summed E-state index contributed by atoms with van der Waals surface area (Å²) in [7, 11) is 0. The van der Waals surface area contributed by atoms with Gasteiger partial charge in [0.2, 0.25) is 0 Å². The van der Waals surface area contributed by atoms with Crippen LogP contribution in [0.25, 0.3) is 6.08 Å². The van der Waals surface area contributed by atoms with E-state index in [1.807, 2.05) is 0 Å². The first-order chi connectivity index (χ1) is 7.00. The lowest BCUT2D eigenvalue weighted by Gasteiger charge is -1.98. The summed E-state index contributed by atoms with van der Waals surface area (Å²) in [4.78, 5) is 21.6. The predicted molar refractivity (Wildman–Crippen MR) is 52.8 cm³/mol. The van der Waals surface area contributed by atoms with E-state index in [9.17, 15) is 14.0 Å². The van der Waals surface area contributed by atoms with Crippen molar-refractivity contribution in [2.75, 3.05) is 0 Å². The highest BCUT2D eigenvalue weighted by Gasteiger charge is 2.11. The van der Waals surface area contributed by atoms with Gasteiger partial charge in [0.1, 0.15) is 11.4 Å². The van der Waals surface area contributed by atoms with Crippen LogP contribution >= 0.6 is 0 Å². The average molecular weight is 208 g/mol. The molecule has 0 saturated carbocycles. The third kappa shape index (κ3) is 2.91. The van der Waals surface area contributed by atoms with Crippen molar-refractivity contribution in [1.29, 1.82) is 0 Å². The van der Waals surface area contributed by atoms with Gasteiger partial charge in [-0.25, -0.2) is 4.39 Å². The molecule has 0 aliphatic heterocycles. The van der Waals surface area contributed by atoms with Gasteiger partial charge in [-0.3, -0.25) is 9.59 Å². The van der Waals surface area contributed by atoms with E-state index in [1.54, 1.807) is 0 Å². The molecule has 0 saturated heterocycles. The number of amides is 2. The molecule has 0 heterocycles. The molecule has 0 fully saturated rings. The van der Waals surface area contributed by atoms with Crippen molar-refractivity contribution in [3.05, 3.63) is 41.2 Å². The number of primary amides is 2. The van der Waals surface area contributed by atoms with E-state index in [4.69, 9.17) is 11.5 Å². The molecule has 0 atom stereocenters. The number of rotatable bonds is 3. The molecule has 0 radical (unpaired) electrons. The third-order valence-corrected chi connectivity index (χ3v) is 1.71. The molecule has 0 bridgehead atoms. The van der Waals surface area contributed by atoms with Crippen LogP contribution in [0, 0.1) is 5.82 Å². The van der Waals surface area contributed by atoms with Gasteiger partial charge in [0.25, 0.3) is 11.8 Å². The molecule has 2 amide bonds. The maximum Gasteiger partial charge on any atom is 0.254 e. The SMILES string of the molecule is NC(=O)C(=Cc1ccc(F)cc1)C(N)=O. The Morgan fingerprint density at radius 2 is 1.53 bits per heavy atom. The lowest BCUT2D eigenvalue weighted by Crippen LogP contribution is -2.25. The molecular weight excluding hydrogens is 199 g/mol. The number of halogens is 1. The van der Waals surface area contributed by atoms with Crippen molar-refractivity contribution in [3.8, 4) is 0 Å². The molecule has 0 aromatic heterocycles. The Labute approximate surface area is 85.4 Å². The van der Waals surface area contributed by atoms with Crippen LogP contribution in [0.4, 0.5) is 4.39 Å². The normalized spacial score (nSPS) is 9.40. The van der Waals surface area contributed by atoms with Crippen molar-refractivity contribution in [2.24, 2.45) is 11.5 Å². The molecule has 4 N–H and O–H groups in total. The molecule has 5 heteroatoms. The molecule has 0 unspecified atom stereocenters. The summed E-state index contributed by atoms with van der Waals surface area (Å²) in [5.41, 5.74) is 10.0. The van der Waals surface area contributed by atoms with Crippen LogP contribution in [0.5, 0.6) is 0 Å². The van der Waals surface area contributed by atoms with Gasteiger partial charge in [0.05, 0.1) is 0 Å². The Morgan fingerprint density at radius 3 is 1.93 bits per heavy atom. The smallest absolute Gasteiger partial charge is 0.254 e. The van der Waals surface area contributed by atoms with Crippen LogP contribution in [0.1, 0.15) is 5.56 Å². The van der Waals surface area contributed by atoms with Gasteiger partial charge in [-0.15, -0.1) is 0 Å². The van der Waals surface area contributed by atoms with E-state index in [2.05, 4.69) is 0 Å². The minimum absolute atomic E-state index is 0.318. The summed E-state index contributed by atoms with van der Waals surface area (Å²) in [6.07, 6.45) is 1.21. The summed E-state index contributed by atoms with van der Waals surface area (Å²) >= 11 is 0. The van der Waals surface area contributed by atoms with Gasteiger partial charge < -0.3 is 11.5 Å². The van der Waals surface area contributed by atoms with Crippen molar-refractivity contribution < 1.29 is 14.0 Å². The zero-order valence-corrected chi connectivity index (χ0v) is 7.74. The highest BCUT2D eigenvalue weighted by Crippen LogP contribution is 2.07. The minimum atomic E-state index is -0.910. The molecule has 0 aliphatic carbocycles. The van der Waals surface area contributed by atoms with Gasteiger partial charge in [-0.1, -0.05) is 12.1 Å². The largest absolute Gasteiger partial charge is 0.365 e. The fourth-order valence-corrected chi connectivity index (χ4v) is 0.989. The Hall–Kier alpha value is -2.17. The van der Waals surface area contributed by atoms with Crippen LogP contribution in [0.15, 0.2) is 29.8 Å². The van der Waals surface area contributed by atoms with Gasteiger partial charge in [0, 0.05) is 0 Å². The monoisotopic (exact) mass is 208 g/mol. The first kappa shape index (κ1) is 10.9. The molecule has 1 rings (SSSR count). The highest BCUT2D eigenvalue weighted by atomic mass is 19.1. The van der Waals surface area contributed by atoms with Gasteiger partial charge >= 0.3 is 0 Å². The fraction of sp³-hybridized carbons (Fsp3) is 0. The predicted octanol–water partition coefficient (Wildman–Crippen LogP) is 0.180. The summed E-state index contributed by atoms with van der Waals surface area (Å²) in [6, 6.07) is 5.21. The molecule has 0 aliphatic rings. The maximum absolute atomic E-state index is 12.5. The average Bonchev–Trinajstić information content (AvgIpc) is 2.15. The molecule has 15 heavy (non-hydrogen) atoms. The fourth-order valence-electron chi connectivity index (χ4n) is 0.989. The van der Waals surface area contributed by atoms with E-state index >= 15 is 0 Å². The zero-order chi connectivity index (χ0) is 11.4. The van der Waals surface area contributed by atoms with E-state index in [0.717, 1.165) is 0 Å². The lowest BCUT2D eigenvalue weighted by atomic mass is 10.1. The molecule has 4 nitrogen and oxygen atoms in total. The summed E-state index contributed by atoms with van der Waals surface area (Å²) < 4.78 is 12.5. The Bertz CT molecular complexity index is 408. The van der Waals surface area contributed by atoms with E-state index < -0.39 is 17.6 Å². The molecule has 1 aromatic carbocycles. The molecular formula is C10H9FN2O2. The maximum atomic E-state index is 12.5. The molecule has 1 aromatic rings. The van der Waals surface area contributed by atoms with Crippen LogP contribution in [-0.4, -0.2) is 11.8 Å². The Kier molecular flexibility index (Phi) is 3.17. The first-order valence-electron chi connectivity index (χ1n) is 4.07. The van der Waals surface area contributed by atoms with E-state index in [-0.39, 0.29) is 5.57 Å². The quantitative estimate of drug-likeness (QED) is 0.421. The summed E-state index contributed by atoms with van der Waals surface area (Å²) in [5.74, 6) is -2.23. The van der Waals surface area contributed by atoms with Gasteiger partial charge in [-0.05, 0) is 23.8 Å². The second-order valence-corrected chi connectivity index (χ2v) is 2.84. The molecule has 78 valence electrons. The number of carbonyl (C=O) groups excluding carboxylic acids is 2. The van der Waals surface area contributed by atoms with Crippen LogP contribution < -0.4 is 11.5 Å². The number of nitrogens with two attached hydrogens (primary N) is 2. The van der Waals surface area contributed by atoms with Gasteiger partial charge in [0.15, 0.2) is 0 Å². The van der Waals surface area contributed by atoms with Gasteiger partial charge in [-0.2, -0.15) is 0 Å². The summed E-state index contributed by atoms with van der Waals surface area (Å²) in [5, 5.41) is 0. The Morgan fingerprint density at radius 1 is 1.07 bits per heavy atom. The lowest BCUT2D eigenvalue weighted by molar-refractivity contribution is -0.120. The number of hydrogen-bond acceptors (Lipinski definition) is 2. The standard InChI is InChI=1S/C10H9FN2O2/c11-7-3-1-6(2-4-7)5-8(9(12)14)10(13)15/h1-5H,(H2,12,14)(H2,13,15). The summed E-state index contributed by atoms with van der Waals surface area (Å²) in [6.45, 7) is 0. The third-order valence-electron chi connectivity index (χ3n) is 1.71. The van der Waals surface area contributed by atoms with Crippen LogP contribution in [-0.2, 0) is 9.59 Å². The number of benzene rings is 1. The first-order valence-corrected chi connectivity index (χ1v) is 4.07. The van der Waals surface area contributed by atoms with Crippen molar-refractivity contribution >= 4 is 17.9 Å². The van der Waals surface area contributed by atoms with Crippen molar-refractivity contribution in [1.82, 2.24) is 0 Å². The second kappa shape index (κ2) is 4.36. The van der Waals surface area contributed by atoms with Crippen molar-refractivity contribution in [2.45, 2.75) is 0 Å². The number of carbonyl (C=O) groups is 2. The zero-order valence-electron chi connectivity index (χ0n) is 7.74. The molecule has 0 spiro atoms. The van der Waals surface area contributed by atoms with Crippen molar-refractivity contribution in [3.63, 3.8) is 0 Å². The topological polar surface area (TPSA) is 86.2 Å².